The zero-order chi connectivity index (χ0) is 12.3. The van der Waals surface area contributed by atoms with Crippen LogP contribution in [0, 0.1) is 0 Å². The third kappa shape index (κ3) is 2.69. The van der Waals surface area contributed by atoms with Crippen molar-refractivity contribution in [1.29, 1.82) is 0 Å². The molecule has 2 atom stereocenters. The third-order valence-electron chi connectivity index (χ3n) is 2.99. The lowest BCUT2D eigenvalue weighted by Crippen LogP contribution is -2.29. The van der Waals surface area contributed by atoms with Gasteiger partial charge in [0.1, 0.15) is 18.7 Å². The van der Waals surface area contributed by atoms with Gasteiger partial charge in [0, 0.05) is 11.5 Å². The Balaban J connectivity index is 1.99. The van der Waals surface area contributed by atoms with Crippen molar-refractivity contribution in [2.45, 2.75) is 45.8 Å². The van der Waals surface area contributed by atoms with Gasteiger partial charge in [0.15, 0.2) is 0 Å². The van der Waals surface area contributed by atoms with Gasteiger partial charge in [0.2, 0.25) is 6.33 Å². The molecule has 2 rings (SSSR count). The molecule has 0 amide bonds. The molecule has 0 aliphatic heterocycles. The molecule has 0 saturated carbocycles. The van der Waals surface area contributed by atoms with Crippen LogP contribution in [0.3, 0.4) is 0 Å². The summed E-state index contributed by atoms with van der Waals surface area (Å²) in [6.07, 6.45) is 8.21. The minimum absolute atomic E-state index is 0.326. The van der Waals surface area contributed by atoms with Gasteiger partial charge < -0.3 is 0 Å². The molecule has 2 aromatic heterocycles. The van der Waals surface area contributed by atoms with E-state index in [0.717, 1.165) is 13.0 Å². The molecule has 2 aromatic rings. The molecule has 0 aromatic carbocycles. The summed E-state index contributed by atoms with van der Waals surface area (Å²) in [5.41, 5.74) is 0. The lowest BCUT2D eigenvalue weighted by Gasteiger charge is -2.13. The maximum atomic E-state index is 4.36. The van der Waals surface area contributed by atoms with E-state index in [1.807, 2.05) is 22.0 Å². The second-order valence-electron chi connectivity index (χ2n) is 4.37. The van der Waals surface area contributed by atoms with Gasteiger partial charge in [-0.2, -0.15) is 5.10 Å². The largest absolute Gasteiger partial charge is 0.265 e. The first-order chi connectivity index (χ1) is 8.20. The second kappa shape index (κ2) is 5.07. The predicted molar refractivity (Wildman–Crippen MR) is 62.2 cm³/mol. The molecule has 92 valence electrons. The summed E-state index contributed by atoms with van der Waals surface area (Å²) < 4.78 is 5.95. The van der Waals surface area contributed by atoms with E-state index in [4.69, 9.17) is 0 Å². The van der Waals surface area contributed by atoms with Crippen LogP contribution in [0.4, 0.5) is 0 Å². The fourth-order valence-corrected chi connectivity index (χ4v) is 1.88. The highest BCUT2D eigenvalue weighted by molar-refractivity contribution is 4.70. The van der Waals surface area contributed by atoms with Gasteiger partial charge in [-0.05, 0) is 20.8 Å². The van der Waals surface area contributed by atoms with Gasteiger partial charge in [-0.1, -0.05) is 0 Å². The van der Waals surface area contributed by atoms with Crippen LogP contribution in [-0.2, 0) is 6.54 Å². The van der Waals surface area contributed by atoms with Crippen LogP contribution in [0.15, 0.2) is 25.3 Å². The van der Waals surface area contributed by atoms with Crippen molar-refractivity contribution in [3.05, 3.63) is 25.3 Å². The normalized spacial score (nSPS) is 14.8. The SMILES string of the molecule is CC[n+]1cnn(C(C)CC(C)n2cncn2)c1. The molecule has 2 heterocycles. The monoisotopic (exact) mass is 235 g/mol. The average molecular weight is 235 g/mol. The average Bonchev–Trinajstić information content (AvgIpc) is 3.00. The topological polar surface area (TPSA) is 52.4 Å². The van der Waals surface area contributed by atoms with Gasteiger partial charge in [-0.3, -0.25) is 4.68 Å². The van der Waals surface area contributed by atoms with Crippen LogP contribution in [0.25, 0.3) is 0 Å². The number of aromatic nitrogens is 6. The van der Waals surface area contributed by atoms with Gasteiger partial charge in [0.25, 0.3) is 6.33 Å². The van der Waals surface area contributed by atoms with E-state index >= 15 is 0 Å². The lowest BCUT2D eigenvalue weighted by atomic mass is 10.1. The summed E-state index contributed by atoms with van der Waals surface area (Å²) in [6, 6.07) is 0.675. The first-order valence-corrected chi connectivity index (χ1v) is 5.98. The van der Waals surface area contributed by atoms with Crippen molar-refractivity contribution in [2.24, 2.45) is 0 Å². The van der Waals surface area contributed by atoms with Gasteiger partial charge >= 0.3 is 0 Å². The maximum Gasteiger partial charge on any atom is 0.265 e. The Hall–Kier alpha value is -1.72. The molecule has 0 aliphatic carbocycles. The molecule has 0 aliphatic rings. The summed E-state index contributed by atoms with van der Waals surface area (Å²) in [5.74, 6) is 0. The van der Waals surface area contributed by atoms with Crippen LogP contribution in [0.5, 0.6) is 0 Å². The Morgan fingerprint density at radius 1 is 1.18 bits per heavy atom. The minimum Gasteiger partial charge on any atom is -0.250 e. The summed E-state index contributed by atoms with van der Waals surface area (Å²) >= 11 is 0. The smallest absolute Gasteiger partial charge is 0.250 e. The third-order valence-corrected chi connectivity index (χ3v) is 2.99. The van der Waals surface area contributed by atoms with E-state index in [2.05, 4.69) is 40.5 Å². The zero-order valence-corrected chi connectivity index (χ0v) is 10.6. The van der Waals surface area contributed by atoms with Crippen molar-refractivity contribution in [2.75, 3.05) is 0 Å². The number of hydrogen-bond donors (Lipinski definition) is 0. The van der Waals surface area contributed by atoms with E-state index in [9.17, 15) is 0 Å². The van der Waals surface area contributed by atoms with Crippen LogP contribution >= 0.6 is 0 Å². The number of aryl methyl sites for hydroxylation is 1. The predicted octanol–water partition coefficient (Wildman–Crippen LogP) is 0.994. The van der Waals surface area contributed by atoms with Crippen molar-refractivity contribution < 1.29 is 4.57 Å². The van der Waals surface area contributed by atoms with Crippen LogP contribution in [-0.4, -0.2) is 24.5 Å². The van der Waals surface area contributed by atoms with Gasteiger partial charge in [0.05, 0.1) is 12.6 Å². The summed E-state index contributed by atoms with van der Waals surface area (Å²) in [5, 5.41) is 8.51. The fourth-order valence-electron chi connectivity index (χ4n) is 1.88. The number of rotatable bonds is 5. The highest BCUT2D eigenvalue weighted by Gasteiger charge is 2.17. The van der Waals surface area contributed by atoms with Crippen LogP contribution in [0.1, 0.15) is 39.3 Å². The first-order valence-electron chi connectivity index (χ1n) is 5.98. The molecule has 0 spiro atoms. The molecule has 6 nitrogen and oxygen atoms in total. The standard InChI is InChI=1S/C11H19N6/c1-4-15-8-14-17(9-15)11(3)5-10(2)16-7-12-6-13-16/h6-11H,4-5H2,1-3H3/q+1. The minimum atomic E-state index is 0.326. The maximum absolute atomic E-state index is 4.36. The molecule has 0 radical (unpaired) electrons. The molecule has 0 fully saturated rings. The van der Waals surface area contributed by atoms with E-state index in [1.165, 1.54) is 0 Å². The number of hydrogen-bond acceptors (Lipinski definition) is 3. The molecule has 2 unspecified atom stereocenters. The number of nitrogens with zero attached hydrogens (tertiary/aromatic N) is 6. The Morgan fingerprint density at radius 3 is 2.53 bits per heavy atom. The highest BCUT2D eigenvalue weighted by Crippen LogP contribution is 2.18. The fraction of sp³-hybridized carbons (Fsp3) is 0.636. The quantitative estimate of drug-likeness (QED) is 0.726. The van der Waals surface area contributed by atoms with Crippen molar-refractivity contribution >= 4 is 0 Å². The highest BCUT2D eigenvalue weighted by atomic mass is 15.4. The Bertz CT molecular complexity index is 446. The van der Waals surface area contributed by atoms with E-state index in [-0.39, 0.29) is 0 Å². The summed E-state index contributed by atoms with van der Waals surface area (Å²) in [4.78, 5) is 3.97. The summed E-state index contributed by atoms with van der Waals surface area (Å²) in [7, 11) is 0. The van der Waals surface area contributed by atoms with Gasteiger partial charge in [-0.25, -0.2) is 9.55 Å². The molecule has 0 saturated heterocycles. The Kier molecular flexibility index (Phi) is 3.51. The van der Waals surface area contributed by atoms with E-state index in [1.54, 1.807) is 12.7 Å². The first kappa shape index (κ1) is 11.8. The lowest BCUT2D eigenvalue weighted by molar-refractivity contribution is -0.694. The molecule has 0 bridgehead atoms. The Labute approximate surface area is 101 Å². The zero-order valence-electron chi connectivity index (χ0n) is 10.6. The van der Waals surface area contributed by atoms with Crippen LogP contribution in [0.2, 0.25) is 0 Å². The molecule has 0 N–H and O–H groups in total. The van der Waals surface area contributed by atoms with Crippen molar-refractivity contribution in [1.82, 2.24) is 24.5 Å². The van der Waals surface area contributed by atoms with E-state index < -0.39 is 0 Å². The molecular weight excluding hydrogens is 216 g/mol. The molecule has 6 heteroatoms. The Morgan fingerprint density at radius 2 is 1.94 bits per heavy atom. The van der Waals surface area contributed by atoms with Crippen molar-refractivity contribution in [3.8, 4) is 0 Å². The summed E-state index contributed by atoms with van der Waals surface area (Å²) in [6.45, 7) is 7.36. The van der Waals surface area contributed by atoms with E-state index in [0.29, 0.717) is 12.1 Å². The second-order valence-corrected chi connectivity index (χ2v) is 4.37. The molecule has 17 heavy (non-hydrogen) atoms. The molecular formula is C11H19N6+. The van der Waals surface area contributed by atoms with Crippen LogP contribution < -0.4 is 4.57 Å². The van der Waals surface area contributed by atoms with Crippen molar-refractivity contribution in [3.63, 3.8) is 0 Å². The van der Waals surface area contributed by atoms with Gasteiger partial charge in [-0.15, -0.1) is 4.68 Å².